The Balaban J connectivity index is 1.15. The number of nitrogens with zero attached hydrogens (tertiary/aromatic N) is 2. The summed E-state index contributed by atoms with van der Waals surface area (Å²) in [5, 5.41) is 10.5. The van der Waals surface area contributed by atoms with Crippen LogP contribution >= 0.6 is 0 Å². The van der Waals surface area contributed by atoms with E-state index in [1.54, 1.807) is 35.2 Å². The minimum atomic E-state index is -0.977. The Morgan fingerprint density at radius 3 is 2.53 bits per heavy atom. The van der Waals surface area contributed by atoms with E-state index in [0.717, 1.165) is 46.2 Å². The van der Waals surface area contributed by atoms with E-state index in [9.17, 15) is 14.4 Å². The van der Waals surface area contributed by atoms with Crippen molar-refractivity contribution in [2.24, 2.45) is 11.1 Å². The van der Waals surface area contributed by atoms with Gasteiger partial charge in [-0.25, -0.2) is 4.79 Å². The number of anilines is 1. The zero-order chi connectivity index (χ0) is 34.1. The molecule has 3 aromatic rings. The number of carbonyl (C=O) groups is 3. The van der Waals surface area contributed by atoms with Crippen LogP contribution in [0, 0.1) is 11.7 Å². The van der Waals surface area contributed by atoms with Crippen LogP contribution in [-0.4, -0.2) is 65.2 Å². The number of alkyl halides is 2. The molecule has 9 nitrogen and oxygen atoms in total. The maximum absolute atomic E-state index is 15.5. The molecule has 4 aliphatic heterocycles. The standard InChI is InChI=1S/C38H39FIN4O5/c1-22(2)21-48-38(47)24-9-11-25(12-10-24)42-36(45)35-28-6-3-5-26(23-13-16-41-17-14-23)27(28)15-18-44(35)37(46)33-19-32(43-49-33)30-8-4-7-29(34(30)39)31-20-40-31/h3-13,22,31,33,35,41H,14-21H2,1-2H3,(H,42,45)/q-1/t31?,33-,35+/m1/s1. The van der Waals surface area contributed by atoms with Gasteiger partial charge in [0.15, 0.2) is 0 Å². The van der Waals surface area contributed by atoms with Crippen LogP contribution in [0.1, 0.15) is 74.8 Å². The van der Waals surface area contributed by atoms with Gasteiger partial charge in [-0.15, -0.1) is 0 Å². The van der Waals surface area contributed by atoms with E-state index in [4.69, 9.17) is 9.57 Å². The van der Waals surface area contributed by atoms with Gasteiger partial charge in [-0.3, -0.25) is 0 Å². The van der Waals surface area contributed by atoms with Gasteiger partial charge in [-0.05, 0) is 54.3 Å². The van der Waals surface area contributed by atoms with Crippen molar-refractivity contribution in [2.45, 2.75) is 49.2 Å². The fraction of sp³-hybridized carbons (Fsp3) is 0.368. The van der Waals surface area contributed by atoms with E-state index in [0.29, 0.717) is 46.0 Å². The predicted molar refractivity (Wildman–Crippen MR) is 180 cm³/mol. The molecule has 0 aliphatic carbocycles. The van der Waals surface area contributed by atoms with Gasteiger partial charge >= 0.3 is 171 Å². The van der Waals surface area contributed by atoms with Crippen LogP contribution in [0.4, 0.5) is 10.1 Å². The van der Waals surface area contributed by atoms with Crippen molar-refractivity contribution in [1.29, 1.82) is 0 Å². The van der Waals surface area contributed by atoms with Crippen LogP contribution in [0.2, 0.25) is 0 Å². The Kier molecular flexibility index (Phi) is 9.82. The molecule has 49 heavy (non-hydrogen) atoms. The van der Waals surface area contributed by atoms with Crippen molar-refractivity contribution in [3.63, 3.8) is 0 Å². The van der Waals surface area contributed by atoms with Gasteiger partial charge in [0.25, 0.3) is 0 Å². The van der Waals surface area contributed by atoms with Gasteiger partial charge in [-0.1, -0.05) is 32.1 Å². The van der Waals surface area contributed by atoms with Gasteiger partial charge < -0.3 is 10.1 Å². The number of ether oxygens (including phenoxy) is 1. The van der Waals surface area contributed by atoms with Gasteiger partial charge in [0, 0.05) is 12.2 Å². The molecular weight excluding hydrogens is 738 g/mol. The largest absolute Gasteiger partial charge is 0.0456 e. The van der Waals surface area contributed by atoms with E-state index >= 15 is 4.39 Å². The topological polar surface area (TPSA) is 109 Å². The Labute approximate surface area is 295 Å². The van der Waals surface area contributed by atoms with Crippen LogP contribution in [0.5, 0.6) is 0 Å². The summed E-state index contributed by atoms with van der Waals surface area (Å²) in [4.78, 5) is 48.2. The Bertz CT molecular complexity index is 1840. The number of amides is 2. The first-order valence-corrected chi connectivity index (χ1v) is 19.5. The minimum Gasteiger partial charge on any atom is -0.0456 e. The van der Waals surface area contributed by atoms with Crippen LogP contribution in [0.3, 0.4) is 0 Å². The van der Waals surface area contributed by atoms with Crippen molar-refractivity contribution in [2.75, 3.05) is 36.0 Å². The minimum absolute atomic E-state index is 0.0185. The molecule has 3 aromatic carbocycles. The molecule has 1 unspecified atom stereocenters. The first-order chi connectivity index (χ1) is 23.8. The van der Waals surface area contributed by atoms with Gasteiger partial charge in [0.1, 0.15) is 0 Å². The number of hydrogen-bond acceptors (Lipinski definition) is 7. The predicted octanol–water partition coefficient (Wildman–Crippen LogP) is 2.42. The molecule has 2 amide bonds. The molecule has 0 saturated carbocycles. The third-order valence-corrected chi connectivity index (χ3v) is 11.7. The zero-order valence-electron chi connectivity index (χ0n) is 27.5. The first kappa shape index (κ1) is 33.4. The maximum atomic E-state index is 15.5. The molecule has 4 heterocycles. The van der Waals surface area contributed by atoms with Crippen molar-refractivity contribution < 1.29 is 49.6 Å². The second-order valence-corrected chi connectivity index (χ2v) is 16.4. The van der Waals surface area contributed by atoms with Crippen LogP contribution in [-0.2, 0) is 25.6 Å². The van der Waals surface area contributed by atoms with E-state index in [-0.39, 0.29) is 51.2 Å². The molecule has 0 bridgehead atoms. The molecule has 2 N–H and O–H groups in total. The number of carbonyl (C=O) groups excluding carboxylic acids is 3. The van der Waals surface area contributed by atoms with Crippen molar-refractivity contribution in [1.82, 2.24) is 10.2 Å². The Hall–Kier alpha value is -4.10. The van der Waals surface area contributed by atoms with E-state index in [1.165, 1.54) is 5.57 Å². The fourth-order valence-corrected chi connectivity index (χ4v) is 8.35. The quantitative estimate of drug-likeness (QED) is 0.197. The second-order valence-electron chi connectivity index (χ2n) is 13.1. The number of rotatable bonds is 9. The molecule has 0 aromatic heterocycles. The summed E-state index contributed by atoms with van der Waals surface area (Å²) in [6.45, 7) is 6.21. The molecular formula is C38H39FIN4O5-. The molecule has 11 heteroatoms. The molecule has 0 radical (unpaired) electrons. The van der Waals surface area contributed by atoms with E-state index in [1.807, 2.05) is 38.1 Å². The molecule has 1 saturated heterocycles. The second kappa shape index (κ2) is 14.4. The maximum Gasteiger partial charge on any atom is -0.0377 e. The SMILES string of the molecule is CC(C)COC(=O)c1ccc(NC(=O)[C@@H]2c3cccc(C4=CCNCC4)c3CCN2C(=O)[C@H]2CC(c3cccc(C4C[I-]4)c3F)=NO2)cc1. The molecule has 0 spiro atoms. The third-order valence-electron chi connectivity index (χ3n) is 9.23. The monoisotopic (exact) mass is 777 g/mol. The Morgan fingerprint density at radius 2 is 1.82 bits per heavy atom. The van der Waals surface area contributed by atoms with Gasteiger partial charge in [0.05, 0.1) is 12.2 Å². The Morgan fingerprint density at radius 1 is 1.06 bits per heavy atom. The number of benzene rings is 3. The van der Waals surface area contributed by atoms with Crippen molar-refractivity contribution >= 4 is 34.8 Å². The molecule has 3 atom stereocenters. The number of esters is 1. The molecule has 256 valence electrons. The average Bonchev–Trinajstić information content (AvgIpc) is 3.85. The van der Waals surface area contributed by atoms with Crippen LogP contribution in [0.25, 0.3) is 5.57 Å². The van der Waals surface area contributed by atoms with Gasteiger partial charge in [0.2, 0.25) is 0 Å². The molecule has 7 rings (SSSR count). The summed E-state index contributed by atoms with van der Waals surface area (Å²) in [5.41, 5.74) is 6.51. The number of halogens is 2. The normalized spacial score (nSPS) is 21.5. The smallest absolute Gasteiger partial charge is 0.0377 e. The molecule has 1 fully saturated rings. The van der Waals surface area contributed by atoms with E-state index in [2.05, 4.69) is 27.9 Å². The van der Waals surface area contributed by atoms with Crippen LogP contribution in [0.15, 0.2) is 71.9 Å². The number of fused-ring (bicyclic) bond motifs is 1. The summed E-state index contributed by atoms with van der Waals surface area (Å²) in [6.07, 6.45) is 2.77. The van der Waals surface area contributed by atoms with E-state index < -0.39 is 18.1 Å². The first-order valence-electron chi connectivity index (χ1n) is 16.8. The van der Waals surface area contributed by atoms with Crippen LogP contribution < -0.4 is 31.8 Å². The van der Waals surface area contributed by atoms with Crippen molar-refractivity contribution in [3.05, 3.63) is 106 Å². The number of oxime groups is 1. The average molecular weight is 778 g/mol. The third kappa shape index (κ3) is 7.14. The summed E-state index contributed by atoms with van der Waals surface area (Å²) < 4.78 is 22.2. The zero-order valence-corrected chi connectivity index (χ0v) is 29.7. The summed E-state index contributed by atoms with van der Waals surface area (Å²) in [7, 11) is 0. The number of nitrogens with one attached hydrogen (secondary N) is 2. The van der Waals surface area contributed by atoms with Crippen molar-refractivity contribution in [3.8, 4) is 0 Å². The molecule has 4 aliphatic rings. The van der Waals surface area contributed by atoms with Gasteiger partial charge in [-0.2, -0.15) is 0 Å². The number of hydrogen-bond donors (Lipinski definition) is 2. The summed E-state index contributed by atoms with van der Waals surface area (Å²) in [6, 6.07) is 16.9. The summed E-state index contributed by atoms with van der Waals surface area (Å²) in [5.74, 6) is -1.24. The summed E-state index contributed by atoms with van der Waals surface area (Å²) >= 11 is 0.0185. The fourth-order valence-electron chi connectivity index (χ4n) is 6.66.